The number of furan rings is 1. The van der Waals surface area contributed by atoms with Crippen molar-refractivity contribution in [1.82, 2.24) is 4.98 Å². The number of aromatic carboxylic acids is 1. The highest BCUT2D eigenvalue weighted by molar-refractivity contribution is 7.14. The number of carboxylic acids is 1. The highest BCUT2D eigenvalue weighted by Gasteiger charge is 2.19. The summed E-state index contributed by atoms with van der Waals surface area (Å²) in [6.07, 6.45) is 3.28. The maximum absolute atomic E-state index is 13.7. The van der Waals surface area contributed by atoms with Gasteiger partial charge in [0.15, 0.2) is 11.4 Å². The van der Waals surface area contributed by atoms with E-state index < -0.39 is 11.8 Å². The second kappa shape index (κ2) is 8.14. The van der Waals surface area contributed by atoms with Crippen LogP contribution in [0, 0.1) is 5.82 Å². The van der Waals surface area contributed by atoms with Crippen molar-refractivity contribution in [3.63, 3.8) is 0 Å². The van der Waals surface area contributed by atoms with Gasteiger partial charge in [0.25, 0.3) is 0 Å². The molecule has 0 atom stereocenters. The Morgan fingerprint density at radius 2 is 2.17 bits per heavy atom. The standard InChI is InChI=1S/C20H13Cl2FN2O4S/c21-13-1-2-14(23)16(22)10(13)3-4-28-18-17-11(6-25-19(18)24)12(7-29-17)15-5-9(8-30-15)20(26)27/h1-2,5-8H,3-4H2,(H2,24,25)(H,26,27). The second-order valence-corrected chi connectivity index (χ2v) is 7.99. The first-order chi connectivity index (χ1) is 14.4. The van der Waals surface area contributed by atoms with Gasteiger partial charge in [-0.25, -0.2) is 14.2 Å². The van der Waals surface area contributed by atoms with Crippen molar-refractivity contribution < 1.29 is 23.4 Å². The third kappa shape index (κ3) is 3.69. The van der Waals surface area contributed by atoms with E-state index in [-0.39, 0.29) is 35.2 Å². The number of hydrogen-bond donors (Lipinski definition) is 2. The largest absolute Gasteiger partial charge is 0.486 e. The number of rotatable bonds is 6. The van der Waals surface area contributed by atoms with Crippen LogP contribution in [-0.4, -0.2) is 22.7 Å². The summed E-state index contributed by atoms with van der Waals surface area (Å²) >= 11 is 13.4. The molecular formula is C20H13Cl2FN2O4S. The van der Waals surface area contributed by atoms with E-state index in [0.29, 0.717) is 32.0 Å². The molecule has 10 heteroatoms. The third-order valence-corrected chi connectivity index (χ3v) is 6.18. The first kappa shape index (κ1) is 20.5. The minimum Gasteiger partial charge on any atom is -0.486 e. The van der Waals surface area contributed by atoms with Gasteiger partial charge in [0.05, 0.1) is 22.6 Å². The van der Waals surface area contributed by atoms with Crippen LogP contribution in [-0.2, 0) is 6.42 Å². The van der Waals surface area contributed by atoms with Crippen LogP contribution in [0.15, 0.2) is 40.5 Å². The van der Waals surface area contributed by atoms with Crippen LogP contribution in [0.4, 0.5) is 10.2 Å². The van der Waals surface area contributed by atoms with E-state index in [1.54, 1.807) is 11.4 Å². The van der Waals surface area contributed by atoms with Crippen molar-refractivity contribution in [2.45, 2.75) is 6.42 Å². The Labute approximate surface area is 183 Å². The number of nitrogen functional groups attached to an aromatic ring is 1. The molecule has 6 nitrogen and oxygen atoms in total. The summed E-state index contributed by atoms with van der Waals surface area (Å²) in [5.41, 5.74) is 7.63. The van der Waals surface area contributed by atoms with Crippen LogP contribution in [0.1, 0.15) is 15.9 Å². The molecule has 0 saturated heterocycles. The molecule has 0 fully saturated rings. The van der Waals surface area contributed by atoms with E-state index in [2.05, 4.69) is 4.98 Å². The van der Waals surface area contributed by atoms with Gasteiger partial charge in [0.1, 0.15) is 12.1 Å². The summed E-state index contributed by atoms with van der Waals surface area (Å²) in [6, 6.07) is 4.18. The summed E-state index contributed by atoms with van der Waals surface area (Å²) in [6.45, 7) is 0.103. The van der Waals surface area contributed by atoms with Gasteiger partial charge >= 0.3 is 5.97 Å². The Kier molecular flexibility index (Phi) is 5.55. The van der Waals surface area contributed by atoms with Crippen molar-refractivity contribution in [3.8, 4) is 16.2 Å². The summed E-state index contributed by atoms with van der Waals surface area (Å²) < 4.78 is 25.1. The topological polar surface area (TPSA) is 98.6 Å². The normalized spacial score (nSPS) is 11.2. The molecule has 0 unspecified atom stereocenters. The predicted molar refractivity (Wildman–Crippen MR) is 114 cm³/mol. The lowest BCUT2D eigenvalue weighted by atomic mass is 10.1. The molecule has 30 heavy (non-hydrogen) atoms. The van der Waals surface area contributed by atoms with Crippen LogP contribution in [0.2, 0.25) is 10.0 Å². The Balaban J connectivity index is 1.62. The molecule has 4 rings (SSSR count). The summed E-state index contributed by atoms with van der Waals surface area (Å²) in [5.74, 6) is -1.22. The van der Waals surface area contributed by atoms with E-state index in [0.717, 1.165) is 0 Å². The highest BCUT2D eigenvalue weighted by Crippen LogP contribution is 2.40. The van der Waals surface area contributed by atoms with Crippen molar-refractivity contribution in [2.24, 2.45) is 0 Å². The third-order valence-electron chi connectivity index (χ3n) is 4.45. The van der Waals surface area contributed by atoms with Gasteiger partial charge in [0, 0.05) is 33.5 Å². The number of nitrogens with two attached hydrogens (primary N) is 1. The van der Waals surface area contributed by atoms with Gasteiger partial charge in [-0.05, 0) is 23.8 Å². The number of halogens is 3. The summed E-state index contributed by atoms with van der Waals surface area (Å²) in [5, 5.41) is 11.6. The second-order valence-electron chi connectivity index (χ2n) is 6.29. The van der Waals surface area contributed by atoms with Crippen LogP contribution in [0.25, 0.3) is 21.4 Å². The lowest BCUT2D eigenvalue weighted by molar-refractivity contribution is 0.0697. The quantitative estimate of drug-likeness (QED) is 0.343. The van der Waals surface area contributed by atoms with Gasteiger partial charge in [-0.3, -0.25) is 0 Å². The molecule has 0 spiro atoms. The van der Waals surface area contributed by atoms with E-state index >= 15 is 0 Å². The molecule has 0 saturated carbocycles. The van der Waals surface area contributed by atoms with Crippen LogP contribution in [0.3, 0.4) is 0 Å². The molecule has 0 radical (unpaired) electrons. The maximum atomic E-state index is 13.7. The van der Waals surface area contributed by atoms with E-state index in [1.807, 2.05) is 0 Å². The van der Waals surface area contributed by atoms with Crippen molar-refractivity contribution in [2.75, 3.05) is 12.3 Å². The number of hydrogen-bond acceptors (Lipinski definition) is 6. The fraction of sp³-hybridized carbons (Fsp3) is 0.100. The van der Waals surface area contributed by atoms with E-state index in [9.17, 15) is 9.18 Å². The maximum Gasteiger partial charge on any atom is 0.336 e. The average Bonchev–Trinajstić information content (AvgIpc) is 3.36. The van der Waals surface area contributed by atoms with Crippen LogP contribution < -0.4 is 10.5 Å². The number of nitrogens with zero attached hydrogens (tertiary/aromatic N) is 1. The summed E-state index contributed by atoms with van der Waals surface area (Å²) in [7, 11) is 0. The number of ether oxygens (including phenoxy) is 1. The monoisotopic (exact) mass is 466 g/mol. The number of carboxylic acid groups (broad SMARTS) is 1. The number of fused-ring (bicyclic) bond motifs is 1. The average molecular weight is 467 g/mol. The molecule has 0 bridgehead atoms. The minimum atomic E-state index is -1.01. The number of pyridine rings is 1. The molecule has 3 N–H and O–H groups in total. The number of aromatic nitrogens is 1. The Bertz CT molecular complexity index is 1270. The predicted octanol–water partition coefficient (Wildman–Crippen LogP) is 5.90. The number of thiophene rings is 1. The fourth-order valence-electron chi connectivity index (χ4n) is 2.95. The molecule has 0 aliphatic rings. The minimum absolute atomic E-state index is 0.0531. The van der Waals surface area contributed by atoms with Gasteiger partial charge in [-0.1, -0.05) is 23.2 Å². The van der Waals surface area contributed by atoms with Crippen LogP contribution in [0.5, 0.6) is 5.75 Å². The number of anilines is 1. The molecule has 1 aromatic carbocycles. The Hall–Kier alpha value is -2.81. The smallest absolute Gasteiger partial charge is 0.336 e. The Morgan fingerprint density at radius 3 is 2.90 bits per heavy atom. The first-order valence-corrected chi connectivity index (χ1v) is 10.2. The molecule has 3 heterocycles. The van der Waals surface area contributed by atoms with Crippen molar-refractivity contribution in [1.29, 1.82) is 0 Å². The number of carbonyl (C=O) groups is 1. The van der Waals surface area contributed by atoms with Gasteiger partial charge in [-0.15, -0.1) is 11.3 Å². The molecule has 154 valence electrons. The zero-order valence-electron chi connectivity index (χ0n) is 15.1. The van der Waals surface area contributed by atoms with Gasteiger partial charge in [-0.2, -0.15) is 0 Å². The lowest BCUT2D eigenvalue weighted by Crippen LogP contribution is -2.06. The lowest BCUT2D eigenvalue weighted by Gasteiger charge is -2.11. The van der Waals surface area contributed by atoms with Gasteiger partial charge in [0.2, 0.25) is 5.75 Å². The molecule has 4 aromatic rings. The molecule has 3 aromatic heterocycles. The molecule has 0 amide bonds. The summed E-state index contributed by atoms with van der Waals surface area (Å²) in [4.78, 5) is 16.0. The van der Waals surface area contributed by atoms with Gasteiger partial charge < -0.3 is 20.0 Å². The first-order valence-electron chi connectivity index (χ1n) is 8.60. The highest BCUT2D eigenvalue weighted by atomic mass is 35.5. The molecular weight excluding hydrogens is 454 g/mol. The number of benzene rings is 1. The SMILES string of the molecule is Nc1ncc2c(-c3cc(C(=O)O)cs3)coc2c1OCCc1c(Cl)ccc(F)c1Cl. The zero-order chi connectivity index (χ0) is 21.4. The van der Waals surface area contributed by atoms with Crippen molar-refractivity contribution in [3.05, 3.63) is 63.0 Å². The van der Waals surface area contributed by atoms with Crippen LogP contribution >= 0.6 is 34.5 Å². The molecule has 0 aliphatic carbocycles. The molecule has 0 aliphatic heterocycles. The fourth-order valence-corrected chi connectivity index (χ4v) is 4.42. The Morgan fingerprint density at radius 1 is 1.37 bits per heavy atom. The van der Waals surface area contributed by atoms with E-state index in [4.69, 9.17) is 43.2 Å². The van der Waals surface area contributed by atoms with E-state index in [1.165, 1.54) is 35.9 Å². The zero-order valence-corrected chi connectivity index (χ0v) is 17.4. The van der Waals surface area contributed by atoms with Crippen molar-refractivity contribution >= 4 is 57.3 Å².